The summed E-state index contributed by atoms with van der Waals surface area (Å²) in [6, 6.07) is 13.6. The highest BCUT2D eigenvalue weighted by atomic mass is 35.5. The molecule has 3 aromatic carbocycles. The van der Waals surface area contributed by atoms with Crippen LogP contribution in [0.4, 0.5) is 15.8 Å². The first-order valence-electron chi connectivity index (χ1n) is 7.84. The van der Waals surface area contributed by atoms with Crippen LogP contribution in [0.3, 0.4) is 0 Å². The summed E-state index contributed by atoms with van der Waals surface area (Å²) in [5, 5.41) is 5.36. The molecule has 0 saturated heterocycles. The highest BCUT2D eigenvalue weighted by molar-refractivity contribution is 6.33. The highest BCUT2D eigenvalue weighted by Crippen LogP contribution is 2.34. The van der Waals surface area contributed by atoms with E-state index in [0.717, 1.165) is 22.0 Å². The van der Waals surface area contributed by atoms with E-state index in [0.29, 0.717) is 16.3 Å². The van der Waals surface area contributed by atoms with Crippen LogP contribution in [-0.2, 0) is 0 Å². The molecule has 0 aliphatic carbocycles. The number of halogens is 2. The molecule has 0 atom stereocenters. The molecule has 0 saturated carbocycles. The lowest BCUT2D eigenvalue weighted by Gasteiger charge is -2.17. The minimum atomic E-state index is -0.369. The first kappa shape index (κ1) is 17.2. The van der Waals surface area contributed by atoms with Crippen LogP contribution in [0, 0.1) is 12.7 Å². The van der Waals surface area contributed by atoms with Gasteiger partial charge in [-0.05, 0) is 48.2 Å². The summed E-state index contributed by atoms with van der Waals surface area (Å²) < 4.78 is 13.5. The number of rotatable bonds is 3. The second kappa shape index (κ2) is 6.73. The van der Waals surface area contributed by atoms with Crippen molar-refractivity contribution in [3.8, 4) is 0 Å². The molecule has 0 aromatic heterocycles. The lowest BCUT2D eigenvalue weighted by Crippen LogP contribution is -2.22. The minimum absolute atomic E-state index is 0.0605. The predicted octanol–water partition coefficient (Wildman–Crippen LogP) is 5.39. The Bertz CT molecular complexity index is 969. The molecule has 3 aromatic rings. The van der Waals surface area contributed by atoms with Crippen molar-refractivity contribution in [3.05, 3.63) is 70.5 Å². The standard InChI is InChI=1S/C20H18ClFN2O/c1-12-5-4-6-14-17(23-18-11-13(22)7-9-16(18)21)10-8-15(19(12)14)20(25)24(2)3/h4-11,23H,1-3H3. The normalized spacial score (nSPS) is 10.8. The molecule has 0 fully saturated rings. The summed E-state index contributed by atoms with van der Waals surface area (Å²) in [5.41, 5.74) is 2.88. The predicted molar refractivity (Wildman–Crippen MR) is 101 cm³/mol. The molecule has 3 nitrogen and oxygen atoms in total. The van der Waals surface area contributed by atoms with E-state index in [1.807, 2.05) is 31.2 Å². The number of benzene rings is 3. The molecule has 3 rings (SSSR count). The zero-order chi connectivity index (χ0) is 18.1. The molecule has 5 heteroatoms. The smallest absolute Gasteiger partial charge is 0.253 e. The van der Waals surface area contributed by atoms with Crippen LogP contribution >= 0.6 is 11.6 Å². The van der Waals surface area contributed by atoms with Gasteiger partial charge in [-0.2, -0.15) is 0 Å². The Morgan fingerprint density at radius 1 is 1.08 bits per heavy atom. The first-order valence-corrected chi connectivity index (χ1v) is 8.22. The van der Waals surface area contributed by atoms with Crippen LogP contribution < -0.4 is 5.32 Å². The van der Waals surface area contributed by atoms with Gasteiger partial charge in [-0.3, -0.25) is 4.79 Å². The van der Waals surface area contributed by atoms with Gasteiger partial charge in [-0.1, -0.05) is 29.8 Å². The van der Waals surface area contributed by atoms with Crippen LogP contribution in [0.25, 0.3) is 10.8 Å². The van der Waals surface area contributed by atoms with Crippen molar-refractivity contribution < 1.29 is 9.18 Å². The van der Waals surface area contributed by atoms with Gasteiger partial charge in [0, 0.05) is 30.7 Å². The number of aryl methyl sites for hydroxylation is 1. The molecule has 0 heterocycles. The number of hydrogen-bond donors (Lipinski definition) is 1. The maximum Gasteiger partial charge on any atom is 0.253 e. The molecule has 128 valence electrons. The zero-order valence-corrected chi connectivity index (χ0v) is 15.0. The van der Waals surface area contributed by atoms with E-state index in [1.54, 1.807) is 25.1 Å². The Balaban J connectivity index is 2.18. The summed E-state index contributed by atoms with van der Waals surface area (Å²) in [6.07, 6.45) is 0. The quantitative estimate of drug-likeness (QED) is 0.682. The highest BCUT2D eigenvalue weighted by Gasteiger charge is 2.16. The molecular weight excluding hydrogens is 339 g/mol. The van der Waals surface area contributed by atoms with Gasteiger partial charge in [-0.25, -0.2) is 4.39 Å². The number of nitrogens with zero attached hydrogens (tertiary/aromatic N) is 1. The average molecular weight is 357 g/mol. The Labute approximate surface area is 151 Å². The third-order valence-corrected chi connectivity index (χ3v) is 4.41. The fraction of sp³-hybridized carbons (Fsp3) is 0.150. The zero-order valence-electron chi connectivity index (χ0n) is 14.2. The molecule has 0 unspecified atom stereocenters. The van der Waals surface area contributed by atoms with Crippen molar-refractivity contribution in [1.82, 2.24) is 4.90 Å². The molecule has 1 N–H and O–H groups in total. The topological polar surface area (TPSA) is 32.3 Å². The monoisotopic (exact) mass is 356 g/mol. The SMILES string of the molecule is Cc1cccc2c(Nc3cc(F)ccc3Cl)ccc(C(=O)N(C)C)c12. The second-order valence-corrected chi connectivity index (χ2v) is 6.51. The number of hydrogen-bond acceptors (Lipinski definition) is 2. The fourth-order valence-corrected chi connectivity index (χ4v) is 3.02. The lowest BCUT2D eigenvalue weighted by atomic mass is 9.97. The second-order valence-electron chi connectivity index (χ2n) is 6.11. The van der Waals surface area contributed by atoms with Gasteiger partial charge in [0.05, 0.1) is 10.7 Å². The van der Waals surface area contributed by atoms with E-state index in [4.69, 9.17) is 11.6 Å². The molecule has 0 spiro atoms. The Kier molecular flexibility index (Phi) is 4.64. The Morgan fingerprint density at radius 3 is 2.56 bits per heavy atom. The molecule has 1 amide bonds. The number of anilines is 2. The van der Waals surface area contributed by atoms with Gasteiger partial charge in [-0.15, -0.1) is 0 Å². The van der Waals surface area contributed by atoms with Gasteiger partial charge in [0.25, 0.3) is 5.91 Å². The lowest BCUT2D eigenvalue weighted by molar-refractivity contribution is 0.0829. The van der Waals surface area contributed by atoms with Crippen molar-refractivity contribution in [3.63, 3.8) is 0 Å². The minimum Gasteiger partial charge on any atom is -0.354 e. The van der Waals surface area contributed by atoms with Crippen LogP contribution in [0.15, 0.2) is 48.5 Å². The molecule has 25 heavy (non-hydrogen) atoms. The van der Waals surface area contributed by atoms with Crippen LogP contribution in [0.2, 0.25) is 5.02 Å². The van der Waals surface area contributed by atoms with Crippen LogP contribution in [-0.4, -0.2) is 24.9 Å². The van der Waals surface area contributed by atoms with Crippen molar-refractivity contribution in [1.29, 1.82) is 0 Å². The van der Waals surface area contributed by atoms with Gasteiger partial charge in [0.15, 0.2) is 0 Å². The maximum atomic E-state index is 13.5. The molecule has 0 bridgehead atoms. The third kappa shape index (κ3) is 3.30. The first-order chi connectivity index (χ1) is 11.9. The van der Waals surface area contributed by atoms with E-state index in [-0.39, 0.29) is 11.7 Å². The summed E-state index contributed by atoms with van der Waals surface area (Å²) in [7, 11) is 3.45. The third-order valence-electron chi connectivity index (χ3n) is 4.08. The fourth-order valence-electron chi connectivity index (χ4n) is 2.86. The van der Waals surface area contributed by atoms with E-state index in [2.05, 4.69) is 5.32 Å². The van der Waals surface area contributed by atoms with Gasteiger partial charge >= 0.3 is 0 Å². The van der Waals surface area contributed by atoms with Crippen molar-refractivity contribution in [2.75, 3.05) is 19.4 Å². The van der Waals surface area contributed by atoms with Gasteiger partial charge < -0.3 is 10.2 Å². The van der Waals surface area contributed by atoms with E-state index in [9.17, 15) is 9.18 Å². The summed E-state index contributed by atoms with van der Waals surface area (Å²) in [4.78, 5) is 14.1. The van der Waals surface area contributed by atoms with Crippen LogP contribution in [0.1, 0.15) is 15.9 Å². The maximum absolute atomic E-state index is 13.5. The van der Waals surface area contributed by atoms with Crippen LogP contribution in [0.5, 0.6) is 0 Å². The number of amides is 1. The van der Waals surface area contributed by atoms with Crippen molar-refractivity contribution in [2.45, 2.75) is 6.92 Å². The summed E-state index contributed by atoms with van der Waals surface area (Å²) in [5.74, 6) is -0.429. The number of carbonyl (C=O) groups excluding carboxylic acids is 1. The van der Waals surface area contributed by atoms with Crippen molar-refractivity contribution >= 4 is 39.7 Å². The van der Waals surface area contributed by atoms with E-state index >= 15 is 0 Å². The molecular formula is C20H18ClFN2O. The van der Waals surface area contributed by atoms with E-state index < -0.39 is 0 Å². The number of carbonyl (C=O) groups is 1. The molecule has 0 radical (unpaired) electrons. The molecule has 0 aliphatic rings. The largest absolute Gasteiger partial charge is 0.354 e. The van der Waals surface area contributed by atoms with E-state index in [1.165, 1.54) is 18.2 Å². The average Bonchev–Trinajstić information content (AvgIpc) is 2.58. The summed E-state index contributed by atoms with van der Waals surface area (Å²) in [6.45, 7) is 1.97. The number of nitrogens with one attached hydrogen (secondary N) is 1. The number of fused-ring (bicyclic) bond motifs is 1. The Hall–Kier alpha value is -2.59. The molecule has 0 aliphatic heterocycles. The van der Waals surface area contributed by atoms with Gasteiger partial charge in [0.1, 0.15) is 5.82 Å². The summed E-state index contributed by atoms with van der Waals surface area (Å²) >= 11 is 6.16. The van der Waals surface area contributed by atoms with Gasteiger partial charge in [0.2, 0.25) is 0 Å². The van der Waals surface area contributed by atoms with Crippen molar-refractivity contribution in [2.24, 2.45) is 0 Å². The Morgan fingerprint density at radius 2 is 1.84 bits per heavy atom.